The lowest BCUT2D eigenvalue weighted by Gasteiger charge is -2.25. The Hall–Kier alpha value is -2.63. The van der Waals surface area contributed by atoms with Crippen molar-refractivity contribution in [2.75, 3.05) is 11.4 Å². The zero-order chi connectivity index (χ0) is 25.3. The lowest BCUT2D eigenvalue weighted by Crippen LogP contribution is -2.49. The molecule has 2 atom stereocenters. The standard InChI is InChI=1S/C22H23ClF3N3O4S/c1-13-19(27)21(31)29(12-14-3-6-16(23)7-4-14)17-11-15(5-8-18(17)34(13,32)33)20(30)28-10-2-9-22(24,25)26/h3-8,11,13,19H,2,9-10,12,27H2,1H3,(H,28,30)/t13-,19+/m1/s1. The topological polar surface area (TPSA) is 110 Å². The monoisotopic (exact) mass is 517 g/mol. The van der Waals surface area contributed by atoms with Crippen molar-refractivity contribution in [3.8, 4) is 0 Å². The van der Waals surface area contributed by atoms with E-state index < -0.39 is 45.5 Å². The van der Waals surface area contributed by atoms with Crippen molar-refractivity contribution in [1.82, 2.24) is 5.32 Å². The second-order valence-corrected chi connectivity index (χ2v) is 10.7. The molecule has 0 saturated carbocycles. The molecule has 0 aliphatic carbocycles. The van der Waals surface area contributed by atoms with E-state index in [0.29, 0.717) is 10.6 Å². The van der Waals surface area contributed by atoms with Crippen LogP contribution in [0.15, 0.2) is 47.4 Å². The van der Waals surface area contributed by atoms with Crippen LogP contribution in [0.25, 0.3) is 0 Å². The Bertz CT molecular complexity index is 1190. The second kappa shape index (κ2) is 9.93. The number of fused-ring (bicyclic) bond motifs is 1. The van der Waals surface area contributed by atoms with Crippen molar-refractivity contribution >= 4 is 38.9 Å². The van der Waals surface area contributed by atoms with E-state index in [4.69, 9.17) is 17.3 Å². The van der Waals surface area contributed by atoms with Gasteiger partial charge in [0.1, 0.15) is 6.04 Å². The zero-order valence-corrected chi connectivity index (χ0v) is 19.7. The number of nitrogens with one attached hydrogen (secondary N) is 1. The fourth-order valence-electron chi connectivity index (χ4n) is 3.53. The van der Waals surface area contributed by atoms with Gasteiger partial charge in [-0.05, 0) is 49.2 Å². The first-order valence-corrected chi connectivity index (χ1v) is 12.3. The molecule has 3 N–H and O–H groups in total. The van der Waals surface area contributed by atoms with Crippen LogP contribution in [0.1, 0.15) is 35.7 Å². The van der Waals surface area contributed by atoms with Crippen LogP contribution in [0, 0.1) is 0 Å². The number of carbonyl (C=O) groups excluding carboxylic acids is 2. The number of nitrogens with zero attached hydrogens (tertiary/aromatic N) is 1. The Morgan fingerprint density at radius 3 is 2.44 bits per heavy atom. The maximum absolute atomic E-state index is 13.2. The normalized spacial score (nSPS) is 19.9. The molecule has 0 radical (unpaired) electrons. The molecule has 1 aliphatic rings. The van der Waals surface area contributed by atoms with Gasteiger partial charge in [-0.1, -0.05) is 23.7 Å². The van der Waals surface area contributed by atoms with Gasteiger partial charge >= 0.3 is 6.18 Å². The molecule has 3 rings (SSSR count). The summed E-state index contributed by atoms with van der Waals surface area (Å²) in [6, 6.07) is 8.93. The average molecular weight is 518 g/mol. The van der Waals surface area contributed by atoms with E-state index in [1.807, 2.05) is 0 Å². The van der Waals surface area contributed by atoms with Crippen molar-refractivity contribution < 1.29 is 31.2 Å². The smallest absolute Gasteiger partial charge is 0.352 e. The van der Waals surface area contributed by atoms with Crippen LogP contribution in [0.4, 0.5) is 18.9 Å². The Kier molecular flexibility index (Phi) is 7.59. The predicted octanol–water partition coefficient (Wildman–Crippen LogP) is 3.45. The van der Waals surface area contributed by atoms with Crippen LogP contribution in [-0.2, 0) is 21.2 Å². The molecule has 1 aliphatic heterocycles. The number of halogens is 4. The van der Waals surface area contributed by atoms with Crippen molar-refractivity contribution in [2.24, 2.45) is 5.73 Å². The lowest BCUT2D eigenvalue weighted by molar-refractivity contribution is -0.135. The van der Waals surface area contributed by atoms with Crippen molar-refractivity contribution in [2.45, 2.75) is 48.7 Å². The molecule has 0 bridgehead atoms. The molecule has 1 heterocycles. The molecule has 7 nitrogen and oxygen atoms in total. The van der Waals surface area contributed by atoms with E-state index in [1.54, 1.807) is 24.3 Å². The quantitative estimate of drug-likeness (QED) is 0.570. The van der Waals surface area contributed by atoms with Gasteiger partial charge in [0.15, 0.2) is 9.84 Å². The van der Waals surface area contributed by atoms with Gasteiger partial charge in [0.25, 0.3) is 5.91 Å². The van der Waals surface area contributed by atoms with Crippen LogP contribution < -0.4 is 16.0 Å². The third kappa shape index (κ3) is 5.70. The van der Waals surface area contributed by atoms with Crippen LogP contribution in [-0.4, -0.2) is 44.2 Å². The number of alkyl halides is 3. The molecule has 0 unspecified atom stereocenters. The van der Waals surface area contributed by atoms with Gasteiger partial charge in [0, 0.05) is 23.6 Å². The van der Waals surface area contributed by atoms with Gasteiger partial charge in [-0.25, -0.2) is 8.42 Å². The molecule has 2 amide bonds. The van der Waals surface area contributed by atoms with Crippen LogP contribution >= 0.6 is 11.6 Å². The van der Waals surface area contributed by atoms with E-state index in [1.165, 1.54) is 30.0 Å². The van der Waals surface area contributed by atoms with Crippen molar-refractivity contribution in [1.29, 1.82) is 0 Å². The summed E-state index contributed by atoms with van der Waals surface area (Å²) < 4.78 is 63.2. The summed E-state index contributed by atoms with van der Waals surface area (Å²) in [6.07, 6.45) is -5.68. The third-order valence-corrected chi connectivity index (χ3v) is 8.02. The minimum absolute atomic E-state index is 0.00186. The molecule has 12 heteroatoms. The summed E-state index contributed by atoms with van der Waals surface area (Å²) in [7, 11) is -4.02. The van der Waals surface area contributed by atoms with Gasteiger partial charge in [-0.15, -0.1) is 0 Å². The maximum Gasteiger partial charge on any atom is 0.389 e. The first-order valence-electron chi connectivity index (χ1n) is 10.4. The van der Waals surface area contributed by atoms with E-state index in [0.717, 1.165) is 0 Å². The minimum Gasteiger partial charge on any atom is -0.352 e. The number of hydrogen-bond acceptors (Lipinski definition) is 5. The highest BCUT2D eigenvalue weighted by Gasteiger charge is 2.42. The highest BCUT2D eigenvalue weighted by molar-refractivity contribution is 7.92. The van der Waals surface area contributed by atoms with Gasteiger partial charge in [0.2, 0.25) is 5.91 Å². The van der Waals surface area contributed by atoms with Crippen LogP contribution in [0.2, 0.25) is 5.02 Å². The predicted molar refractivity (Wildman–Crippen MR) is 121 cm³/mol. The SMILES string of the molecule is C[C@@H]1[C@H](N)C(=O)N(Cc2ccc(Cl)cc2)c2cc(C(=O)NCCCC(F)(F)F)ccc2S1(=O)=O. The molecule has 2 aromatic carbocycles. The molecule has 0 fully saturated rings. The lowest BCUT2D eigenvalue weighted by atomic mass is 10.1. The molecule has 184 valence electrons. The van der Waals surface area contributed by atoms with Crippen LogP contribution in [0.3, 0.4) is 0 Å². The van der Waals surface area contributed by atoms with Crippen molar-refractivity contribution in [3.63, 3.8) is 0 Å². The molecular weight excluding hydrogens is 495 g/mol. The number of sulfone groups is 1. The highest BCUT2D eigenvalue weighted by atomic mass is 35.5. The van der Waals surface area contributed by atoms with Gasteiger partial charge in [-0.3, -0.25) is 9.59 Å². The summed E-state index contributed by atoms with van der Waals surface area (Å²) in [5.41, 5.74) is 6.61. The third-order valence-electron chi connectivity index (χ3n) is 5.54. The van der Waals surface area contributed by atoms with Gasteiger partial charge < -0.3 is 16.0 Å². The fraction of sp³-hybridized carbons (Fsp3) is 0.364. The van der Waals surface area contributed by atoms with Gasteiger partial charge in [0.05, 0.1) is 22.4 Å². The molecule has 0 spiro atoms. The minimum atomic E-state index is -4.33. The van der Waals surface area contributed by atoms with Gasteiger partial charge in [-0.2, -0.15) is 13.2 Å². The molecule has 0 aromatic heterocycles. The number of nitrogens with two attached hydrogens (primary N) is 1. The number of carbonyl (C=O) groups is 2. The summed E-state index contributed by atoms with van der Waals surface area (Å²) >= 11 is 5.92. The van der Waals surface area contributed by atoms with E-state index in [-0.39, 0.29) is 35.7 Å². The second-order valence-electron chi connectivity index (χ2n) is 7.98. The number of hydrogen-bond donors (Lipinski definition) is 2. The molecular formula is C22H23ClF3N3O4S. The first-order chi connectivity index (χ1) is 15.8. The highest BCUT2D eigenvalue weighted by Crippen LogP contribution is 2.35. The Morgan fingerprint density at radius 2 is 1.82 bits per heavy atom. The summed E-state index contributed by atoms with van der Waals surface area (Å²) in [5.74, 6) is -1.34. The zero-order valence-electron chi connectivity index (χ0n) is 18.1. The Morgan fingerprint density at radius 1 is 1.18 bits per heavy atom. The largest absolute Gasteiger partial charge is 0.389 e. The summed E-state index contributed by atoms with van der Waals surface area (Å²) in [4.78, 5) is 26.7. The number of anilines is 1. The molecule has 34 heavy (non-hydrogen) atoms. The fourth-order valence-corrected chi connectivity index (χ4v) is 5.28. The summed E-state index contributed by atoms with van der Waals surface area (Å²) in [6.45, 7) is 1.09. The van der Waals surface area contributed by atoms with Crippen LogP contribution in [0.5, 0.6) is 0 Å². The average Bonchev–Trinajstić information content (AvgIpc) is 2.82. The summed E-state index contributed by atoms with van der Waals surface area (Å²) in [5, 5.41) is 1.65. The molecule has 0 saturated heterocycles. The van der Waals surface area contributed by atoms with E-state index >= 15 is 0 Å². The number of amides is 2. The number of benzene rings is 2. The number of rotatable bonds is 6. The molecule has 2 aromatic rings. The first kappa shape index (κ1) is 26.0. The maximum atomic E-state index is 13.2. The van der Waals surface area contributed by atoms with E-state index in [9.17, 15) is 31.2 Å². The Balaban J connectivity index is 1.97. The Labute approximate surface area is 200 Å². The van der Waals surface area contributed by atoms with E-state index in [2.05, 4.69) is 5.32 Å². The van der Waals surface area contributed by atoms with Crippen molar-refractivity contribution in [3.05, 3.63) is 58.6 Å².